The van der Waals surface area contributed by atoms with Crippen LogP contribution in [-0.4, -0.2) is 43.1 Å². The lowest BCUT2D eigenvalue weighted by Gasteiger charge is -2.34. The van der Waals surface area contributed by atoms with E-state index in [4.69, 9.17) is 0 Å². The second-order valence-corrected chi connectivity index (χ2v) is 4.68. The Labute approximate surface area is 92.3 Å². The summed E-state index contributed by atoms with van der Waals surface area (Å²) in [7, 11) is 1.90. The van der Waals surface area contributed by atoms with Crippen molar-refractivity contribution >= 4 is 11.5 Å². The van der Waals surface area contributed by atoms with E-state index in [9.17, 15) is 0 Å². The summed E-state index contributed by atoms with van der Waals surface area (Å²) < 4.78 is 0. The van der Waals surface area contributed by atoms with E-state index in [1.807, 2.05) is 7.05 Å². The third-order valence-electron chi connectivity index (χ3n) is 3.52. The molecule has 0 radical (unpaired) electrons. The molecule has 0 amide bonds. The van der Waals surface area contributed by atoms with Gasteiger partial charge < -0.3 is 4.90 Å². The minimum Gasteiger partial charge on any atom is -0.360 e. The number of amidine groups is 1. The molecule has 2 rings (SSSR count). The molecule has 1 fully saturated rings. The molecular formula is C12H21N3. The van der Waals surface area contributed by atoms with Gasteiger partial charge in [-0.3, -0.25) is 9.98 Å². The van der Waals surface area contributed by atoms with Crippen LogP contribution in [0.1, 0.15) is 32.6 Å². The molecule has 0 aromatic carbocycles. The van der Waals surface area contributed by atoms with Crippen molar-refractivity contribution in [3.8, 4) is 0 Å². The second kappa shape index (κ2) is 4.77. The van der Waals surface area contributed by atoms with Crippen molar-refractivity contribution in [3.63, 3.8) is 0 Å². The van der Waals surface area contributed by atoms with E-state index in [0.29, 0.717) is 0 Å². The number of likely N-dealkylation sites (tertiary alicyclic amines) is 1. The molecular weight excluding hydrogens is 186 g/mol. The minimum absolute atomic E-state index is 0.893. The van der Waals surface area contributed by atoms with Gasteiger partial charge in [-0.25, -0.2) is 0 Å². The quantitative estimate of drug-likeness (QED) is 0.597. The number of aliphatic imine (C=N–C) groups is 2. The van der Waals surface area contributed by atoms with Crippen molar-refractivity contribution in [2.45, 2.75) is 32.6 Å². The third-order valence-corrected chi connectivity index (χ3v) is 3.52. The van der Waals surface area contributed by atoms with Crippen molar-refractivity contribution in [3.05, 3.63) is 0 Å². The van der Waals surface area contributed by atoms with Gasteiger partial charge in [-0.2, -0.15) is 0 Å². The first kappa shape index (κ1) is 10.7. The number of hydrogen-bond donors (Lipinski definition) is 0. The SMILES string of the molecule is CN=C1CCN=C(N2CCC(C)CC2)C1. The highest BCUT2D eigenvalue weighted by Crippen LogP contribution is 2.18. The van der Waals surface area contributed by atoms with E-state index < -0.39 is 0 Å². The summed E-state index contributed by atoms with van der Waals surface area (Å²) in [4.78, 5) is 11.4. The molecule has 0 aromatic rings. The van der Waals surface area contributed by atoms with Gasteiger partial charge >= 0.3 is 0 Å². The van der Waals surface area contributed by atoms with Gasteiger partial charge in [0.15, 0.2) is 0 Å². The molecule has 2 aliphatic rings. The molecule has 0 N–H and O–H groups in total. The van der Waals surface area contributed by atoms with Crippen LogP contribution in [0.3, 0.4) is 0 Å². The smallest absolute Gasteiger partial charge is 0.105 e. The van der Waals surface area contributed by atoms with Crippen molar-refractivity contribution in [2.24, 2.45) is 15.9 Å². The van der Waals surface area contributed by atoms with Crippen LogP contribution in [0.15, 0.2) is 9.98 Å². The van der Waals surface area contributed by atoms with Crippen LogP contribution in [0, 0.1) is 5.92 Å². The summed E-state index contributed by atoms with van der Waals surface area (Å²) in [6.07, 6.45) is 4.68. The van der Waals surface area contributed by atoms with Crippen LogP contribution in [0.25, 0.3) is 0 Å². The van der Waals surface area contributed by atoms with Crippen LogP contribution >= 0.6 is 0 Å². The molecule has 15 heavy (non-hydrogen) atoms. The van der Waals surface area contributed by atoms with Crippen molar-refractivity contribution in [2.75, 3.05) is 26.7 Å². The Morgan fingerprint density at radius 1 is 1.33 bits per heavy atom. The summed E-state index contributed by atoms with van der Waals surface area (Å²) in [5, 5.41) is 0. The van der Waals surface area contributed by atoms with Gasteiger partial charge in [-0.15, -0.1) is 0 Å². The van der Waals surface area contributed by atoms with E-state index in [-0.39, 0.29) is 0 Å². The highest BCUT2D eigenvalue weighted by atomic mass is 15.2. The Morgan fingerprint density at radius 2 is 2.07 bits per heavy atom. The standard InChI is InChI=1S/C12H21N3/c1-10-4-7-15(8-5-10)12-9-11(13-2)3-6-14-12/h10H,3-9H2,1-2H3. The number of rotatable bonds is 0. The maximum absolute atomic E-state index is 4.64. The van der Waals surface area contributed by atoms with Crippen LogP contribution in [0.2, 0.25) is 0 Å². The molecule has 1 saturated heterocycles. The zero-order valence-corrected chi connectivity index (χ0v) is 9.87. The van der Waals surface area contributed by atoms with E-state index >= 15 is 0 Å². The lowest BCUT2D eigenvalue weighted by molar-refractivity contribution is 0.277. The zero-order chi connectivity index (χ0) is 10.7. The van der Waals surface area contributed by atoms with Crippen LogP contribution in [0.4, 0.5) is 0 Å². The van der Waals surface area contributed by atoms with Crippen molar-refractivity contribution in [1.82, 2.24) is 4.90 Å². The summed E-state index contributed by atoms with van der Waals surface area (Å²) in [5.41, 5.74) is 1.32. The predicted molar refractivity (Wildman–Crippen MR) is 64.9 cm³/mol. The Morgan fingerprint density at radius 3 is 2.73 bits per heavy atom. The first-order valence-corrected chi connectivity index (χ1v) is 6.02. The van der Waals surface area contributed by atoms with E-state index in [0.717, 1.165) is 25.3 Å². The van der Waals surface area contributed by atoms with E-state index in [1.165, 1.54) is 37.5 Å². The predicted octanol–water partition coefficient (Wildman–Crippen LogP) is 1.98. The maximum atomic E-state index is 4.64. The van der Waals surface area contributed by atoms with Crippen molar-refractivity contribution in [1.29, 1.82) is 0 Å². The van der Waals surface area contributed by atoms with Gasteiger partial charge in [0.2, 0.25) is 0 Å². The van der Waals surface area contributed by atoms with Crippen LogP contribution < -0.4 is 0 Å². The molecule has 0 saturated carbocycles. The lowest BCUT2D eigenvalue weighted by Crippen LogP contribution is -2.40. The van der Waals surface area contributed by atoms with Gasteiger partial charge in [0.05, 0.1) is 0 Å². The first-order valence-electron chi connectivity index (χ1n) is 6.02. The Bertz CT molecular complexity index is 273. The fraction of sp³-hybridized carbons (Fsp3) is 0.833. The Balaban J connectivity index is 1.96. The average Bonchev–Trinajstić information content (AvgIpc) is 2.30. The third kappa shape index (κ3) is 2.58. The molecule has 0 aromatic heterocycles. The molecule has 0 atom stereocenters. The maximum Gasteiger partial charge on any atom is 0.105 e. The van der Waals surface area contributed by atoms with Crippen LogP contribution in [-0.2, 0) is 0 Å². The second-order valence-electron chi connectivity index (χ2n) is 4.68. The number of nitrogens with zero attached hydrogens (tertiary/aromatic N) is 3. The molecule has 84 valence electrons. The molecule has 0 spiro atoms. The van der Waals surface area contributed by atoms with Gasteiger partial charge in [-0.05, 0) is 18.8 Å². The Hall–Kier alpha value is -0.860. The number of hydrogen-bond acceptors (Lipinski definition) is 3. The van der Waals surface area contributed by atoms with E-state index in [1.54, 1.807) is 0 Å². The van der Waals surface area contributed by atoms with Gasteiger partial charge in [0, 0.05) is 45.2 Å². The van der Waals surface area contributed by atoms with Crippen molar-refractivity contribution < 1.29 is 0 Å². The monoisotopic (exact) mass is 207 g/mol. The van der Waals surface area contributed by atoms with Gasteiger partial charge in [-0.1, -0.05) is 6.92 Å². The molecule has 3 nitrogen and oxygen atoms in total. The molecule has 2 heterocycles. The highest BCUT2D eigenvalue weighted by molar-refractivity contribution is 6.05. The normalized spacial score (nSPS) is 26.9. The molecule has 3 heteroatoms. The minimum atomic E-state index is 0.893. The highest BCUT2D eigenvalue weighted by Gasteiger charge is 2.21. The fourth-order valence-electron chi connectivity index (χ4n) is 2.31. The Kier molecular flexibility index (Phi) is 3.39. The largest absolute Gasteiger partial charge is 0.360 e. The summed E-state index contributed by atoms with van der Waals surface area (Å²) in [5.74, 6) is 2.18. The van der Waals surface area contributed by atoms with Gasteiger partial charge in [0.1, 0.15) is 5.84 Å². The van der Waals surface area contributed by atoms with Crippen LogP contribution in [0.5, 0.6) is 0 Å². The molecule has 0 bridgehead atoms. The van der Waals surface area contributed by atoms with E-state index in [2.05, 4.69) is 21.8 Å². The lowest BCUT2D eigenvalue weighted by atomic mass is 9.98. The molecule has 2 aliphatic heterocycles. The summed E-state index contributed by atoms with van der Waals surface area (Å²) in [6, 6.07) is 0. The summed E-state index contributed by atoms with van der Waals surface area (Å²) >= 11 is 0. The summed E-state index contributed by atoms with van der Waals surface area (Å²) in [6.45, 7) is 5.67. The first-order chi connectivity index (χ1) is 7.29. The number of piperidine rings is 1. The average molecular weight is 207 g/mol. The zero-order valence-electron chi connectivity index (χ0n) is 9.87. The fourth-order valence-corrected chi connectivity index (χ4v) is 2.31. The molecule has 0 aliphatic carbocycles. The topological polar surface area (TPSA) is 28.0 Å². The molecule has 0 unspecified atom stereocenters. The van der Waals surface area contributed by atoms with Gasteiger partial charge in [0.25, 0.3) is 0 Å².